The Morgan fingerprint density at radius 3 is 2.76 bits per heavy atom. The second-order valence-corrected chi connectivity index (χ2v) is 13.0. The van der Waals surface area contributed by atoms with Gasteiger partial charge in [-0.3, -0.25) is 5.10 Å². The fraction of sp³-hybridized carbons (Fsp3) is 0.667. The number of likely N-dealkylation sites (tertiary alicyclic amines) is 1. The first kappa shape index (κ1) is 31.2. The van der Waals surface area contributed by atoms with E-state index in [1.54, 1.807) is 0 Å². The summed E-state index contributed by atoms with van der Waals surface area (Å²) in [5.74, 6) is 0.637. The number of aliphatic hydroxyl groups is 3. The largest absolute Gasteiger partial charge is 0.446 e. The van der Waals surface area contributed by atoms with E-state index in [9.17, 15) is 15.3 Å². The van der Waals surface area contributed by atoms with Gasteiger partial charge in [-0.25, -0.2) is 0 Å². The van der Waals surface area contributed by atoms with Crippen LogP contribution in [0, 0.1) is 12.3 Å². The maximum absolute atomic E-state index is 10.2. The first-order chi connectivity index (χ1) is 20.3. The van der Waals surface area contributed by atoms with Crippen molar-refractivity contribution in [3.05, 3.63) is 52.2 Å². The third-order valence-corrected chi connectivity index (χ3v) is 9.46. The van der Waals surface area contributed by atoms with E-state index in [1.807, 2.05) is 0 Å². The van der Waals surface area contributed by atoms with Gasteiger partial charge in [0, 0.05) is 37.2 Å². The molecule has 0 radical (unpaired) electrons. The fourth-order valence-electron chi connectivity index (χ4n) is 6.93. The van der Waals surface area contributed by atoms with Crippen molar-refractivity contribution in [2.75, 3.05) is 39.3 Å². The van der Waals surface area contributed by atoms with Crippen molar-refractivity contribution in [3.8, 4) is 5.88 Å². The van der Waals surface area contributed by atoms with Gasteiger partial charge in [0.25, 0.3) is 0 Å². The summed E-state index contributed by atoms with van der Waals surface area (Å²) >= 11 is 0. The van der Waals surface area contributed by atoms with Gasteiger partial charge in [0.05, 0.1) is 12.7 Å². The van der Waals surface area contributed by atoms with Crippen LogP contribution >= 0.6 is 0 Å². The number of aromatic nitrogens is 2. The summed E-state index contributed by atoms with van der Waals surface area (Å²) in [6.07, 6.45) is 7.81. The smallest absolute Gasteiger partial charge is 0.238 e. The molecule has 0 saturated carbocycles. The first-order valence-corrected chi connectivity index (χ1v) is 15.8. The van der Waals surface area contributed by atoms with E-state index >= 15 is 0 Å². The van der Waals surface area contributed by atoms with Gasteiger partial charge in [0.1, 0.15) is 12.2 Å². The lowest BCUT2D eigenvalue weighted by Crippen LogP contribution is -2.51. The highest BCUT2D eigenvalue weighted by molar-refractivity contribution is 5.52. The van der Waals surface area contributed by atoms with Gasteiger partial charge in [-0.15, -0.1) is 5.10 Å². The maximum Gasteiger partial charge on any atom is 0.238 e. The van der Waals surface area contributed by atoms with E-state index in [0.29, 0.717) is 17.7 Å². The van der Waals surface area contributed by atoms with E-state index in [4.69, 9.17) is 9.47 Å². The summed E-state index contributed by atoms with van der Waals surface area (Å²) in [6, 6.07) is 6.59. The summed E-state index contributed by atoms with van der Waals surface area (Å²) in [5, 5.41) is 40.9. The van der Waals surface area contributed by atoms with Crippen LogP contribution in [-0.4, -0.2) is 94.3 Å². The predicted molar refractivity (Wildman–Crippen MR) is 164 cm³/mol. The van der Waals surface area contributed by atoms with Crippen LogP contribution in [0.25, 0.3) is 6.08 Å². The van der Waals surface area contributed by atoms with Gasteiger partial charge in [0.15, 0.2) is 0 Å². The van der Waals surface area contributed by atoms with Crippen LogP contribution in [0.2, 0.25) is 0 Å². The lowest BCUT2D eigenvalue weighted by Gasteiger charge is -2.45. The van der Waals surface area contributed by atoms with Crippen molar-refractivity contribution in [1.82, 2.24) is 20.4 Å². The van der Waals surface area contributed by atoms with Crippen LogP contribution in [-0.2, 0) is 11.2 Å². The highest BCUT2D eigenvalue weighted by Crippen LogP contribution is 2.38. The van der Waals surface area contributed by atoms with E-state index in [1.165, 1.54) is 68.6 Å². The third kappa shape index (κ3) is 7.44. The van der Waals surface area contributed by atoms with Gasteiger partial charge < -0.3 is 35.0 Å². The summed E-state index contributed by atoms with van der Waals surface area (Å²) in [5.41, 5.74) is 6.09. The van der Waals surface area contributed by atoms with Crippen molar-refractivity contribution < 1.29 is 24.8 Å². The minimum atomic E-state index is -1.15. The zero-order chi connectivity index (χ0) is 29.7. The Morgan fingerprint density at radius 1 is 1.21 bits per heavy atom. The molecule has 9 nitrogen and oxygen atoms in total. The molecule has 232 valence electrons. The highest BCUT2D eigenvalue weighted by Gasteiger charge is 2.38. The molecule has 9 heteroatoms. The quantitative estimate of drug-likeness (QED) is 0.289. The molecule has 5 N–H and O–H groups in total. The Kier molecular flexibility index (Phi) is 10.4. The number of aryl methyl sites for hydroxylation is 1. The molecule has 4 heterocycles. The van der Waals surface area contributed by atoms with Crippen LogP contribution in [0.5, 0.6) is 5.88 Å². The second-order valence-electron chi connectivity index (χ2n) is 13.0. The van der Waals surface area contributed by atoms with E-state index in [0.717, 1.165) is 24.2 Å². The second kappa shape index (κ2) is 14.0. The Labute approximate surface area is 250 Å². The molecule has 0 unspecified atom stereocenters. The topological polar surface area (TPSA) is 123 Å². The molecule has 1 aromatic carbocycles. The van der Waals surface area contributed by atoms with Crippen LogP contribution < -0.4 is 10.1 Å². The molecule has 42 heavy (non-hydrogen) atoms. The molecule has 4 atom stereocenters. The Bertz CT molecular complexity index is 1190. The predicted octanol–water partition coefficient (Wildman–Crippen LogP) is 3.51. The number of benzene rings is 1. The molecule has 3 aliphatic rings. The lowest BCUT2D eigenvalue weighted by atomic mass is 9.73. The van der Waals surface area contributed by atoms with Gasteiger partial charge in [-0.05, 0) is 86.7 Å². The van der Waals surface area contributed by atoms with Crippen molar-refractivity contribution in [3.63, 3.8) is 0 Å². The molecule has 5 rings (SSSR count). The normalized spacial score (nSPS) is 26.8. The number of hydrogen-bond donors (Lipinski definition) is 5. The number of H-pyrrole nitrogens is 1. The van der Waals surface area contributed by atoms with Crippen LogP contribution in [0.4, 0.5) is 0 Å². The minimum absolute atomic E-state index is 0.0944. The van der Waals surface area contributed by atoms with Crippen molar-refractivity contribution in [2.24, 2.45) is 5.41 Å². The molecule has 0 aliphatic carbocycles. The molecule has 0 amide bonds. The molecule has 2 aromatic rings. The molecule has 0 bridgehead atoms. The number of nitrogens with one attached hydrogen (secondary N) is 2. The van der Waals surface area contributed by atoms with Crippen molar-refractivity contribution in [1.29, 1.82) is 0 Å². The monoisotopic (exact) mass is 582 g/mol. The zero-order valence-electron chi connectivity index (χ0n) is 25.5. The van der Waals surface area contributed by atoms with Crippen molar-refractivity contribution >= 4 is 6.08 Å². The summed E-state index contributed by atoms with van der Waals surface area (Å²) in [4.78, 5) is 2.68. The summed E-state index contributed by atoms with van der Waals surface area (Å²) in [7, 11) is 0. The lowest BCUT2D eigenvalue weighted by molar-refractivity contribution is -0.230. The highest BCUT2D eigenvalue weighted by atomic mass is 16.7. The number of hydrogen-bond acceptors (Lipinski definition) is 8. The molecule has 3 fully saturated rings. The first-order valence-electron chi connectivity index (χ1n) is 15.8. The average Bonchev–Trinajstić information content (AvgIpc) is 3.37. The van der Waals surface area contributed by atoms with Gasteiger partial charge in [-0.2, -0.15) is 0 Å². The van der Waals surface area contributed by atoms with E-state index in [2.05, 4.69) is 71.5 Å². The minimum Gasteiger partial charge on any atom is -0.446 e. The van der Waals surface area contributed by atoms with Crippen molar-refractivity contribution in [2.45, 2.75) is 96.2 Å². The van der Waals surface area contributed by atoms with Gasteiger partial charge in [-0.1, -0.05) is 44.2 Å². The molecular weight excluding hydrogens is 532 g/mol. The Balaban J connectivity index is 1.20. The summed E-state index contributed by atoms with van der Waals surface area (Å²) < 4.78 is 11.8. The standard InChI is InChI=1S/C33H50N4O5/c1-22(2)30-26(32(36-35-30)42-29-19-27(39)31(40)28(20-38)41-29)18-25-9-8-24(17-23(25)3)7-4-5-15-37-16-6-10-33(21-37)11-13-34-14-12-33/h4,7-9,17,22,27-29,31,34,38-40H,5-6,10-16,18-21H2,1-3H3,(H,35,36)/b7-4+/t27-,28-,29+,31+/m1/s1. The number of aromatic amines is 1. The van der Waals surface area contributed by atoms with E-state index in [-0.39, 0.29) is 12.3 Å². The Hall–Kier alpha value is -2.27. The number of rotatable bonds is 10. The average molecular weight is 583 g/mol. The SMILES string of the molecule is Cc1cc(/C=C/CCN2CCCC3(CCNCC3)C2)ccc1Cc1c(O[C@H]2C[C@@H](O)[C@H](O)[C@@H](CO)O2)n[nH]c1C(C)C. The molecule has 3 saturated heterocycles. The molecular formula is C33H50N4O5. The molecule has 1 spiro atoms. The summed E-state index contributed by atoms with van der Waals surface area (Å²) in [6.45, 7) is 11.9. The van der Waals surface area contributed by atoms with Gasteiger partial charge >= 0.3 is 0 Å². The zero-order valence-corrected chi connectivity index (χ0v) is 25.5. The Morgan fingerprint density at radius 2 is 2.02 bits per heavy atom. The third-order valence-electron chi connectivity index (χ3n) is 9.46. The number of ether oxygens (including phenoxy) is 2. The van der Waals surface area contributed by atoms with Crippen LogP contribution in [0.1, 0.15) is 86.2 Å². The van der Waals surface area contributed by atoms with E-state index < -0.39 is 31.2 Å². The number of aliphatic hydroxyl groups excluding tert-OH is 3. The molecule has 3 aliphatic heterocycles. The maximum atomic E-state index is 10.2. The fourth-order valence-corrected chi connectivity index (χ4v) is 6.93. The number of nitrogens with zero attached hydrogens (tertiary/aromatic N) is 2. The number of piperidine rings is 2. The van der Waals surface area contributed by atoms with Gasteiger partial charge in [0.2, 0.25) is 12.2 Å². The van der Waals surface area contributed by atoms with Crippen LogP contribution in [0.15, 0.2) is 24.3 Å². The molecule has 1 aromatic heterocycles. The van der Waals surface area contributed by atoms with Crippen LogP contribution in [0.3, 0.4) is 0 Å².